The second-order valence-corrected chi connectivity index (χ2v) is 7.43. The van der Waals surface area contributed by atoms with Crippen LogP contribution < -0.4 is 5.32 Å². The molecule has 1 unspecified atom stereocenters. The first kappa shape index (κ1) is 13.9. The zero-order chi connectivity index (χ0) is 14.0. The molecule has 1 N–H and O–H groups in total. The Kier molecular flexibility index (Phi) is 4.02. The minimum absolute atomic E-state index is 0.519. The lowest BCUT2D eigenvalue weighted by Crippen LogP contribution is -2.19. The number of benzene rings is 1. The summed E-state index contributed by atoms with van der Waals surface area (Å²) in [6, 6.07) is 9.70. The van der Waals surface area contributed by atoms with E-state index in [1.807, 2.05) is 0 Å². The minimum Gasteiger partial charge on any atom is -0.382 e. The molecule has 3 rings (SSSR count). The zero-order valence-electron chi connectivity index (χ0n) is 13.0. The van der Waals surface area contributed by atoms with E-state index in [1.165, 1.54) is 56.4 Å². The van der Waals surface area contributed by atoms with E-state index in [-0.39, 0.29) is 0 Å². The third kappa shape index (κ3) is 3.54. The second kappa shape index (κ2) is 5.77. The van der Waals surface area contributed by atoms with Gasteiger partial charge in [0.2, 0.25) is 0 Å². The van der Waals surface area contributed by atoms with E-state index in [2.05, 4.69) is 48.3 Å². The number of nitrogens with zero attached hydrogens (tertiary/aromatic N) is 1. The maximum atomic E-state index is 3.74. The first-order valence-electron chi connectivity index (χ1n) is 8.19. The monoisotopic (exact) mass is 272 g/mol. The fourth-order valence-corrected chi connectivity index (χ4v) is 3.75. The quantitative estimate of drug-likeness (QED) is 0.880. The van der Waals surface area contributed by atoms with E-state index in [0.29, 0.717) is 11.5 Å². The van der Waals surface area contributed by atoms with Gasteiger partial charge in [0.1, 0.15) is 0 Å². The van der Waals surface area contributed by atoms with Crippen molar-refractivity contribution < 1.29 is 0 Å². The average molecular weight is 272 g/mol. The number of anilines is 1. The molecule has 0 bridgehead atoms. The predicted molar refractivity (Wildman–Crippen MR) is 86.0 cm³/mol. The summed E-state index contributed by atoms with van der Waals surface area (Å²) in [4.78, 5) is 2.57. The summed E-state index contributed by atoms with van der Waals surface area (Å²) >= 11 is 0. The van der Waals surface area contributed by atoms with Crippen LogP contribution in [-0.4, -0.2) is 24.0 Å². The number of nitrogens with one attached hydrogen (secondary N) is 1. The Morgan fingerprint density at radius 2 is 2.05 bits per heavy atom. The van der Waals surface area contributed by atoms with Gasteiger partial charge in [0.15, 0.2) is 0 Å². The van der Waals surface area contributed by atoms with Gasteiger partial charge < -0.3 is 5.32 Å². The van der Waals surface area contributed by atoms with Crippen LogP contribution in [0.1, 0.15) is 51.5 Å². The van der Waals surface area contributed by atoms with Crippen LogP contribution >= 0.6 is 0 Å². The van der Waals surface area contributed by atoms with Crippen molar-refractivity contribution in [2.45, 2.75) is 58.5 Å². The lowest BCUT2D eigenvalue weighted by Gasteiger charge is -2.20. The Morgan fingerprint density at radius 3 is 2.75 bits per heavy atom. The maximum absolute atomic E-state index is 3.74. The molecule has 1 atom stereocenters. The van der Waals surface area contributed by atoms with E-state index < -0.39 is 0 Å². The zero-order valence-corrected chi connectivity index (χ0v) is 13.0. The van der Waals surface area contributed by atoms with Gasteiger partial charge in [-0.05, 0) is 68.3 Å². The van der Waals surface area contributed by atoms with Crippen LogP contribution in [0, 0.1) is 5.41 Å². The van der Waals surface area contributed by atoms with Crippen LogP contribution in [0.15, 0.2) is 24.3 Å². The van der Waals surface area contributed by atoms with Crippen LogP contribution in [0.2, 0.25) is 0 Å². The van der Waals surface area contributed by atoms with Crippen LogP contribution in [-0.2, 0) is 6.54 Å². The van der Waals surface area contributed by atoms with Gasteiger partial charge in [0.05, 0.1) is 0 Å². The predicted octanol–water partition coefficient (Wildman–Crippen LogP) is 4.27. The molecule has 0 radical (unpaired) electrons. The first-order valence-corrected chi connectivity index (χ1v) is 8.19. The van der Waals surface area contributed by atoms with Crippen LogP contribution in [0.5, 0.6) is 0 Å². The SMILES string of the molecule is CC1(C)CCC(Nc2cccc(CN3CCCC3)c2)C1. The lowest BCUT2D eigenvalue weighted by atomic mass is 9.92. The molecule has 2 aliphatic rings. The average Bonchev–Trinajstić information content (AvgIpc) is 3.00. The standard InChI is InChI=1S/C18H28N2/c1-18(2)9-8-17(13-18)19-16-7-5-6-15(12-16)14-20-10-3-4-11-20/h5-7,12,17,19H,3-4,8-11,13-14H2,1-2H3. The summed E-state index contributed by atoms with van der Waals surface area (Å²) in [5.74, 6) is 0. The summed E-state index contributed by atoms with van der Waals surface area (Å²) in [5, 5.41) is 3.74. The fourth-order valence-electron chi connectivity index (χ4n) is 3.75. The second-order valence-electron chi connectivity index (χ2n) is 7.43. The van der Waals surface area contributed by atoms with Gasteiger partial charge in [0.25, 0.3) is 0 Å². The van der Waals surface area contributed by atoms with Crippen LogP contribution in [0.3, 0.4) is 0 Å². The van der Waals surface area contributed by atoms with Crippen molar-refractivity contribution in [1.29, 1.82) is 0 Å². The van der Waals surface area contributed by atoms with Crippen LogP contribution in [0.25, 0.3) is 0 Å². The van der Waals surface area contributed by atoms with Gasteiger partial charge in [-0.2, -0.15) is 0 Å². The van der Waals surface area contributed by atoms with Crippen molar-refractivity contribution in [3.8, 4) is 0 Å². The van der Waals surface area contributed by atoms with Crippen molar-refractivity contribution in [1.82, 2.24) is 4.90 Å². The summed E-state index contributed by atoms with van der Waals surface area (Å²) in [5.41, 5.74) is 3.28. The van der Waals surface area contributed by atoms with Gasteiger partial charge in [0, 0.05) is 18.3 Å². The molecule has 1 heterocycles. The molecule has 2 fully saturated rings. The van der Waals surface area contributed by atoms with Crippen molar-refractivity contribution in [3.05, 3.63) is 29.8 Å². The van der Waals surface area contributed by atoms with Gasteiger partial charge in [-0.3, -0.25) is 4.90 Å². The Morgan fingerprint density at radius 1 is 1.25 bits per heavy atom. The van der Waals surface area contributed by atoms with E-state index in [0.717, 1.165) is 6.54 Å². The van der Waals surface area contributed by atoms with Gasteiger partial charge in [-0.25, -0.2) is 0 Å². The van der Waals surface area contributed by atoms with E-state index in [9.17, 15) is 0 Å². The number of hydrogen-bond acceptors (Lipinski definition) is 2. The molecule has 1 saturated carbocycles. The number of likely N-dealkylation sites (tertiary alicyclic amines) is 1. The molecule has 0 amide bonds. The van der Waals surface area contributed by atoms with Gasteiger partial charge in [-0.15, -0.1) is 0 Å². The van der Waals surface area contributed by atoms with Crippen molar-refractivity contribution in [2.75, 3.05) is 18.4 Å². The first-order chi connectivity index (χ1) is 9.61. The third-order valence-electron chi connectivity index (χ3n) is 4.87. The summed E-state index contributed by atoms with van der Waals surface area (Å²) in [6.45, 7) is 8.44. The highest BCUT2D eigenvalue weighted by molar-refractivity contribution is 5.46. The number of hydrogen-bond donors (Lipinski definition) is 1. The molecule has 1 aromatic carbocycles. The van der Waals surface area contributed by atoms with E-state index >= 15 is 0 Å². The maximum Gasteiger partial charge on any atom is 0.0345 e. The van der Waals surface area contributed by atoms with E-state index in [4.69, 9.17) is 0 Å². The van der Waals surface area contributed by atoms with Crippen LogP contribution in [0.4, 0.5) is 5.69 Å². The highest BCUT2D eigenvalue weighted by atomic mass is 15.1. The molecule has 1 aromatic rings. The molecule has 2 nitrogen and oxygen atoms in total. The summed E-state index contributed by atoms with van der Waals surface area (Å²) in [7, 11) is 0. The van der Waals surface area contributed by atoms with Crippen molar-refractivity contribution in [2.24, 2.45) is 5.41 Å². The summed E-state index contributed by atoms with van der Waals surface area (Å²) in [6.07, 6.45) is 6.69. The van der Waals surface area contributed by atoms with Gasteiger partial charge >= 0.3 is 0 Å². The Bertz CT molecular complexity index is 446. The molecule has 1 saturated heterocycles. The third-order valence-corrected chi connectivity index (χ3v) is 4.87. The topological polar surface area (TPSA) is 15.3 Å². The largest absolute Gasteiger partial charge is 0.382 e. The summed E-state index contributed by atoms with van der Waals surface area (Å²) < 4.78 is 0. The molecule has 20 heavy (non-hydrogen) atoms. The highest BCUT2D eigenvalue weighted by Crippen LogP contribution is 2.38. The molecule has 1 aliphatic heterocycles. The molecule has 0 spiro atoms. The normalized spacial score (nSPS) is 26.0. The molecule has 0 aromatic heterocycles. The lowest BCUT2D eigenvalue weighted by molar-refractivity contribution is 0.331. The van der Waals surface area contributed by atoms with Gasteiger partial charge in [-0.1, -0.05) is 26.0 Å². The Balaban J connectivity index is 1.59. The molecule has 1 aliphatic carbocycles. The number of rotatable bonds is 4. The minimum atomic E-state index is 0.519. The molecule has 110 valence electrons. The van der Waals surface area contributed by atoms with Crippen molar-refractivity contribution in [3.63, 3.8) is 0 Å². The molecular formula is C18H28N2. The Labute approximate surface area is 123 Å². The smallest absolute Gasteiger partial charge is 0.0345 e. The van der Waals surface area contributed by atoms with Crippen molar-refractivity contribution >= 4 is 5.69 Å². The Hall–Kier alpha value is -1.02. The molecule has 2 heteroatoms. The van der Waals surface area contributed by atoms with E-state index in [1.54, 1.807) is 0 Å². The highest BCUT2D eigenvalue weighted by Gasteiger charge is 2.30. The molecular weight excluding hydrogens is 244 g/mol. The fraction of sp³-hybridized carbons (Fsp3) is 0.667.